The van der Waals surface area contributed by atoms with Crippen molar-refractivity contribution in [3.63, 3.8) is 0 Å². The van der Waals surface area contributed by atoms with Crippen LogP contribution in [0.15, 0.2) is 0 Å². The molecule has 8 heavy (non-hydrogen) atoms. The first-order chi connectivity index (χ1) is 3.83. The molecule has 1 aliphatic rings. The second-order valence-electron chi connectivity index (χ2n) is 2.27. The Balaban J connectivity index is 2.22. The summed E-state index contributed by atoms with van der Waals surface area (Å²) in [5.41, 5.74) is 0. The minimum absolute atomic E-state index is 0.625. The molecular weight excluding hydrogens is 102 g/mol. The molecule has 1 atom stereocenters. The fourth-order valence-electron chi connectivity index (χ4n) is 1.02. The van der Waals surface area contributed by atoms with Crippen LogP contribution in [-0.2, 0) is 0 Å². The van der Waals surface area contributed by atoms with Crippen LogP contribution < -0.4 is 11.2 Å². The van der Waals surface area contributed by atoms with Gasteiger partial charge in [0.25, 0.3) is 0 Å². The molecule has 0 aliphatic carbocycles. The highest BCUT2D eigenvalue weighted by atomic mass is 15.4. The van der Waals surface area contributed by atoms with Gasteiger partial charge in [0.15, 0.2) is 0 Å². The molecule has 3 N–H and O–H groups in total. The van der Waals surface area contributed by atoms with E-state index in [0.29, 0.717) is 6.04 Å². The summed E-state index contributed by atoms with van der Waals surface area (Å²) >= 11 is 0. The lowest BCUT2D eigenvalue weighted by atomic mass is 10.3. The topological polar surface area (TPSA) is 41.3 Å². The van der Waals surface area contributed by atoms with Crippen LogP contribution >= 0.6 is 0 Å². The van der Waals surface area contributed by atoms with Crippen molar-refractivity contribution < 1.29 is 0 Å². The van der Waals surface area contributed by atoms with E-state index in [0.717, 1.165) is 13.1 Å². The summed E-state index contributed by atoms with van der Waals surface area (Å²) < 4.78 is 0. The molecule has 3 nitrogen and oxygen atoms in total. The van der Waals surface area contributed by atoms with Crippen molar-refractivity contribution in [2.24, 2.45) is 5.84 Å². The Morgan fingerprint density at radius 1 is 1.75 bits per heavy atom. The van der Waals surface area contributed by atoms with E-state index in [9.17, 15) is 0 Å². The van der Waals surface area contributed by atoms with Crippen LogP contribution in [0.5, 0.6) is 0 Å². The molecule has 0 aromatic heterocycles. The summed E-state index contributed by atoms with van der Waals surface area (Å²) in [5.74, 6) is 5.49. The van der Waals surface area contributed by atoms with Crippen molar-refractivity contribution in [3.05, 3.63) is 0 Å². The predicted molar refractivity (Wildman–Crippen MR) is 33.2 cm³/mol. The van der Waals surface area contributed by atoms with Crippen LogP contribution in [0, 0.1) is 0 Å². The molecule has 0 bridgehead atoms. The van der Waals surface area contributed by atoms with Crippen molar-refractivity contribution in [1.29, 1.82) is 0 Å². The van der Waals surface area contributed by atoms with Crippen LogP contribution in [0.1, 0.15) is 6.42 Å². The van der Waals surface area contributed by atoms with Gasteiger partial charge >= 0.3 is 0 Å². The van der Waals surface area contributed by atoms with Gasteiger partial charge in [0, 0.05) is 19.1 Å². The van der Waals surface area contributed by atoms with Gasteiger partial charge in [-0.05, 0) is 13.5 Å². The lowest BCUT2D eigenvalue weighted by Gasteiger charge is -2.07. The number of hydrogen-bond acceptors (Lipinski definition) is 3. The van der Waals surface area contributed by atoms with E-state index < -0.39 is 0 Å². The summed E-state index contributed by atoms with van der Waals surface area (Å²) in [6.07, 6.45) is 1.19. The van der Waals surface area contributed by atoms with Crippen molar-refractivity contribution in [2.75, 3.05) is 20.1 Å². The van der Waals surface area contributed by atoms with Gasteiger partial charge in [-0.2, -0.15) is 0 Å². The normalized spacial score (nSPS) is 31.5. The summed E-state index contributed by atoms with van der Waals surface area (Å²) in [7, 11) is 1.98. The Bertz CT molecular complexity index is 74.1. The minimum Gasteiger partial charge on any atom is -0.316 e. The standard InChI is InChI=1S/C5H13N3/c1-7-5-2-3-8(6)4-5/h5,7H,2-4,6H2,1H3. The number of nitrogens with one attached hydrogen (secondary N) is 1. The van der Waals surface area contributed by atoms with Crippen LogP contribution in [-0.4, -0.2) is 31.2 Å². The molecule has 0 saturated carbocycles. The maximum atomic E-state index is 5.49. The molecule has 1 saturated heterocycles. The van der Waals surface area contributed by atoms with Crippen LogP contribution in [0.4, 0.5) is 0 Å². The van der Waals surface area contributed by atoms with Gasteiger partial charge in [0.05, 0.1) is 0 Å². The number of nitrogens with two attached hydrogens (primary N) is 1. The molecule has 0 radical (unpaired) electrons. The largest absolute Gasteiger partial charge is 0.316 e. The van der Waals surface area contributed by atoms with Gasteiger partial charge in [-0.25, -0.2) is 5.01 Å². The zero-order valence-corrected chi connectivity index (χ0v) is 5.22. The Morgan fingerprint density at radius 2 is 2.50 bits per heavy atom. The average molecular weight is 115 g/mol. The molecular formula is C5H13N3. The fraction of sp³-hybridized carbons (Fsp3) is 1.00. The van der Waals surface area contributed by atoms with Crippen LogP contribution in [0.25, 0.3) is 0 Å². The lowest BCUT2D eigenvalue weighted by Crippen LogP contribution is -2.33. The van der Waals surface area contributed by atoms with E-state index in [2.05, 4.69) is 5.32 Å². The predicted octanol–water partition coefficient (Wildman–Crippen LogP) is -0.846. The Labute approximate surface area is 49.8 Å². The van der Waals surface area contributed by atoms with E-state index in [1.807, 2.05) is 12.1 Å². The van der Waals surface area contributed by atoms with E-state index in [-0.39, 0.29) is 0 Å². The number of likely N-dealkylation sites (N-methyl/N-ethyl adjacent to an activating group) is 1. The molecule has 48 valence electrons. The molecule has 0 spiro atoms. The molecule has 0 aromatic rings. The van der Waals surface area contributed by atoms with Crippen molar-refractivity contribution in [2.45, 2.75) is 12.5 Å². The molecule has 1 unspecified atom stereocenters. The summed E-state index contributed by atoms with van der Waals surface area (Å²) in [5, 5.41) is 5.02. The Morgan fingerprint density at radius 3 is 2.75 bits per heavy atom. The third-order valence-electron chi connectivity index (χ3n) is 1.63. The van der Waals surface area contributed by atoms with Crippen molar-refractivity contribution >= 4 is 0 Å². The number of rotatable bonds is 1. The molecule has 3 heteroatoms. The SMILES string of the molecule is CNC1CCN(N)C1. The lowest BCUT2D eigenvalue weighted by molar-refractivity contribution is 0.344. The fourth-order valence-corrected chi connectivity index (χ4v) is 1.02. The van der Waals surface area contributed by atoms with Gasteiger partial charge < -0.3 is 5.32 Å². The van der Waals surface area contributed by atoms with Crippen LogP contribution in [0.2, 0.25) is 0 Å². The summed E-state index contributed by atoms with van der Waals surface area (Å²) in [4.78, 5) is 0. The third kappa shape index (κ3) is 1.18. The number of hydrazine groups is 1. The molecule has 0 aromatic carbocycles. The molecule has 1 rings (SSSR count). The Kier molecular flexibility index (Phi) is 1.83. The van der Waals surface area contributed by atoms with Gasteiger partial charge in [-0.15, -0.1) is 0 Å². The maximum absolute atomic E-state index is 5.49. The maximum Gasteiger partial charge on any atom is 0.0283 e. The quantitative estimate of drug-likeness (QED) is 0.437. The third-order valence-corrected chi connectivity index (χ3v) is 1.63. The van der Waals surface area contributed by atoms with Gasteiger partial charge in [0.2, 0.25) is 0 Å². The monoisotopic (exact) mass is 115 g/mol. The molecule has 1 fully saturated rings. The first-order valence-electron chi connectivity index (χ1n) is 3.00. The van der Waals surface area contributed by atoms with Crippen molar-refractivity contribution in [1.82, 2.24) is 10.3 Å². The first kappa shape index (κ1) is 6.01. The smallest absolute Gasteiger partial charge is 0.0283 e. The molecule has 0 amide bonds. The highest BCUT2D eigenvalue weighted by Crippen LogP contribution is 2.02. The second-order valence-corrected chi connectivity index (χ2v) is 2.27. The van der Waals surface area contributed by atoms with E-state index in [4.69, 9.17) is 5.84 Å². The highest BCUT2D eigenvalue weighted by molar-refractivity contribution is 4.75. The van der Waals surface area contributed by atoms with Crippen molar-refractivity contribution in [3.8, 4) is 0 Å². The van der Waals surface area contributed by atoms with E-state index >= 15 is 0 Å². The Hall–Kier alpha value is -0.120. The first-order valence-corrected chi connectivity index (χ1v) is 3.00. The van der Waals surface area contributed by atoms with Crippen LogP contribution in [0.3, 0.4) is 0 Å². The highest BCUT2D eigenvalue weighted by Gasteiger charge is 2.16. The summed E-state index contributed by atoms with van der Waals surface area (Å²) in [6.45, 7) is 2.03. The number of nitrogens with zero attached hydrogens (tertiary/aromatic N) is 1. The molecule has 1 heterocycles. The minimum atomic E-state index is 0.625. The second kappa shape index (κ2) is 2.44. The van der Waals surface area contributed by atoms with Gasteiger partial charge in [0.1, 0.15) is 0 Å². The van der Waals surface area contributed by atoms with E-state index in [1.165, 1.54) is 6.42 Å². The zero-order valence-electron chi connectivity index (χ0n) is 5.22. The van der Waals surface area contributed by atoms with E-state index in [1.54, 1.807) is 0 Å². The summed E-state index contributed by atoms with van der Waals surface area (Å²) in [6, 6.07) is 0.625. The average Bonchev–Trinajstić information content (AvgIpc) is 2.14. The molecule has 1 aliphatic heterocycles. The van der Waals surface area contributed by atoms with Gasteiger partial charge in [-0.3, -0.25) is 5.84 Å². The van der Waals surface area contributed by atoms with Gasteiger partial charge in [-0.1, -0.05) is 0 Å². The zero-order chi connectivity index (χ0) is 5.98. The number of hydrogen-bond donors (Lipinski definition) is 2.